The molecule has 224 valence electrons. The molecular formula is C31H19ClF6N4O2. The molecule has 0 radical (unpaired) electrons. The van der Waals surface area contributed by atoms with E-state index in [-0.39, 0.29) is 41.7 Å². The van der Waals surface area contributed by atoms with Gasteiger partial charge in [0, 0.05) is 22.9 Å². The van der Waals surface area contributed by atoms with Crippen molar-refractivity contribution in [2.75, 3.05) is 0 Å². The van der Waals surface area contributed by atoms with E-state index in [4.69, 9.17) is 4.74 Å². The van der Waals surface area contributed by atoms with Crippen LogP contribution < -0.4 is 10.4 Å². The molecule has 0 spiro atoms. The highest BCUT2D eigenvalue weighted by Crippen LogP contribution is 2.41. The smallest absolute Gasteiger partial charge is 0.417 e. The maximum absolute atomic E-state index is 14.1. The second-order valence-electron chi connectivity index (χ2n) is 8.98. The van der Waals surface area contributed by atoms with E-state index in [1.165, 1.54) is 60.8 Å². The van der Waals surface area contributed by atoms with Crippen molar-refractivity contribution in [2.24, 2.45) is 0 Å². The third-order valence-electron chi connectivity index (χ3n) is 6.04. The van der Waals surface area contributed by atoms with Crippen LogP contribution in [0.1, 0.15) is 27.9 Å². The summed E-state index contributed by atoms with van der Waals surface area (Å²) in [7, 11) is 0. The first-order valence-electron chi connectivity index (χ1n) is 12.5. The third kappa shape index (κ3) is 7.43. The summed E-state index contributed by atoms with van der Waals surface area (Å²) in [6.07, 6.45) is -7.87. The first kappa shape index (κ1) is 31.8. The van der Waals surface area contributed by atoms with E-state index in [1.54, 1.807) is 18.2 Å². The molecule has 2 heterocycles. The topological polar surface area (TPSA) is 80.8 Å². The molecule has 0 aliphatic carbocycles. The molecule has 0 aliphatic heterocycles. The average Bonchev–Trinajstić information content (AvgIpc) is 2.98. The number of H-pyrrole nitrogens is 1. The zero-order valence-corrected chi connectivity index (χ0v) is 23.0. The SMILES string of the molecule is Cl.O=c1nc(-c2ccc(C#Cc3ccccc3C(F)(F)F)cc2)nc(-c2c(OCc3ccccn3)cccc2C(F)(F)F)[nH]1. The molecule has 0 aliphatic rings. The van der Waals surface area contributed by atoms with Gasteiger partial charge in [-0.3, -0.25) is 9.97 Å². The van der Waals surface area contributed by atoms with Crippen molar-refractivity contribution in [2.45, 2.75) is 19.0 Å². The predicted molar refractivity (Wildman–Crippen MR) is 152 cm³/mol. The van der Waals surface area contributed by atoms with Gasteiger partial charge in [0.05, 0.1) is 22.4 Å². The standard InChI is InChI=1S/C31H18F6N4O2.ClH/c32-30(33,34)23-8-2-1-6-20(23)14-11-19-12-15-21(16-13-19)27-39-28(41-29(42)40-27)26-24(31(35,36)37)9-5-10-25(26)43-18-22-7-3-4-17-38-22;/h1-10,12-13,15-17H,18H2,(H,39,40,41,42);1H. The zero-order chi connectivity index (χ0) is 30.6. The lowest BCUT2D eigenvalue weighted by Crippen LogP contribution is -2.17. The number of benzene rings is 3. The van der Waals surface area contributed by atoms with Gasteiger partial charge in [0.25, 0.3) is 0 Å². The van der Waals surface area contributed by atoms with Crippen molar-refractivity contribution < 1.29 is 31.1 Å². The molecule has 5 aromatic rings. The van der Waals surface area contributed by atoms with Gasteiger partial charge in [-0.05, 0) is 60.7 Å². The van der Waals surface area contributed by atoms with Crippen LogP contribution in [0.5, 0.6) is 5.75 Å². The second-order valence-corrected chi connectivity index (χ2v) is 8.98. The normalized spacial score (nSPS) is 11.2. The number of halogens is 7. The fraction of sp³-hybridized carbons (Fsp3) is 0.0968. The number of hydrogen-bond donors (Lipinski definition) is 1. The van der Waals surface area contributed by atoms with E-state index in [0.29, 0.717) is 11.3 Å². The number of pyridine rings is 1. The molecule has 0 amide bonds. The lowest BCUT2D eigenvalue weighted by molar-refractivity contribution is -0.138. The average molecular weight is 629 g/mol. The molecule has 0 saturated carbocycles. The summed E-state index contributed by atoms with van der Waals surface area (Å²) in [5.74, 6) is 4.36. The fourth-order valence-corrected chi connectivity index (χ4v) is 4.08. The van der Waals surface area contributed by atoms with Crippen molar-refractivity contribution in [1.29, 1.82) is 0 Å². The summed E-state index contributed by atoms with van der Waals surface area (Å²) in [5, 5.41) is 0. The predicted octanol–water partition coefficient (Wildman–Crippen LogP) is 7.33. The highest BCUT2D eigenvalue weighted by molar-refractivity contribution is 5.85. The number of ether oxygens (including phenoxy) is 1. The summed E-state index contributed by atoms with van der Waals surface area (Å²) in [4.78, 5) is 26.9. The Balaban J connectivity index is 0.00000442. The summed E-state index contributed by atoms with van der Waals surface area (Å²) in [6, 6.07) is 19.1. The van der Waals surface area contributed by atoms with Gasteiger partial charge < -0.3 is 4.74 Å². The Morgan fingerprint density at radius 2 is 1.43 bits per heavy atom. The van der Waals surface area contributed by atoms with Gasteiger partial charge in [0.1, 0.15) is 18.2 Å². The van der Waals surface area contributed by atoms with Gasteiger partial charge in [0.15, 0.2) is 5.82 Å². The van der Waals surface area contributed by atoms with Crippen LogP contribution in [0.3, 0.4) is 0 Å². The minimum Gasteiger partial charge on any atom is -0.487 e. The summed E-state index contributed by atoms with van der Waals surface area (Å²) >= 11 is 0. The van der Waals surface area contributed by atoms with E-state index >= 15 is 0 Å². The van der Waals surface area contributed by atoms with E-state index in [9.17, 15) is 31.1 Å². The molecule has 0 atom stereocenters. The summed E-state index contributed by atoms with van der Waals surface area (Å²) in [5.41, 5.74) is -2.54. The van der Waals surface area contributed by atoms with Gasteiger partial charge in [0.2, 0.25) is 0 Å². The van der Waals surface area contributed by atoms with Crippen molar-refractivity contribution in [3.8, 4) is 40.4 Å². The molecule has 0 unspecified atom stereocenters. The van der Waals surface area contributed by atoms with Crippen molar-refractivity contribution >= 4 is 12.4 Å². The van der Waals surface area contributed by atoms with Crippen molar-refractivity contribution in [1.82, 2.24) is 19.9 Å². The number of alkyl halides is 6. The number of nitrogens with zero attached hydrogens (tertiary/aromatic N) is 3. The quantitative estimate of drug-likeness (QED) is 0.163. The van der Waals surface area contributed by atoms with Crippen LogP contribution >= 0.6 is 12.4 Å². The first-order chi connectivity index (χ1) is 20.5. The van der Waals surface area contributed by atoms with Crippen LogP contribution in [0.2, 0.25) is 0 Å². The molecule has 5 rings (SSSR count). The van der Waals surface area contributed by atoms with Crippen molar-refractivity contribution in [3.63, 3.8) is 0 Å². The van der Waals surface area contributed by atoms with Crippen LogP contribution in [0.25, 0.3) is 22.8 Å². The van der Waals surface area contributed by atoms with E-state index in [2.05, 4.69) is 31.8 Å². The van der Waals surface area contributed by atoms with E-state index in [1.807, 2.05) is 0 Å². The van der Waals surface area contributed by atoms with Gasteiger partial charge in [-0.2, -0.15) is 31.3 Å². The Labute approximate surface area is 252 Å². The van der Waals surface area contributed by atoms with Crippen LogP contribution in [0.15, 0.2) is 95.9 Å². The van der Waals surface area contributed by atoms with Crippen LogP contribution in [-0.4, -0.2) is 19.9 Å². The number of rotatable bonds is 5. The second kappa shape index (κ2) is 13.0. The minimum atomic E-state index is -4.81. The number of aromatic amines is 1. The Bertz CT molecular complexity index is 1880. The monoisotopic (exact) mass is 628 g/mol. The molecule has 13 heteroatoms. The molecule has 6 nitrogen and oxygen atoms in total. The van der Waals surface area contributed by atoms with Crippen molar-refractivity contribution in [3.05, 3.63) is 130 Å². The lowest BCUT2D eigenvalue weighted by atomic mass is 10.0. The molecule has 1 N–H and O–H groups in total. The highest BCUT2D eigenvalue weighted by atomic mass is 35.5. The molecule has 44 heavy (non-hydrogen) atoms. The number of nitrogens with one attached hydrogen (secondary N) is 1. The lowest BCUT2D eigenvalue weighted by Gasteiger charge is -2.17. The maximum Gasteiger partial charge on any atom is 0.417 e. The zero-order valence-electron chi connectivity index (χ0n) is 22.2. The maximum atomic E-state index is 14.1. The van der Waals surface area contributed by atoms with Gasteiger partial charge in [-0.1, -0.05) is 36.1 Å². The van der Waals surface area contributed by atoms with Crippen LogP contribution in [-0.2, 0) is 19.0 Å². The van der Waals surface area contributed by atoms with Gasteiger partial charge >= 0.3 is 18.0 Å². The van der Waals surface area contributed by atoms with Crippen LogP contribution in [0.4, 0.5) is 26.3 Å². The summed E-state index contributed by atoms with van der Waals surface area (Å²) in [6.45, 7) is -0.146. The minimum absolute atomic E-state index is 0. The molecule has 0 fully saturated rings. The molecule has 0 bridgehead atoms. The summed E-state index contributed by atoms with van der Waals surface area (Å²) < 4.78 is 87.6. The first-order valence-corrected chi connectivity index (χ1v) is 12.5. The highest BCUT2D eigenvalue weighted by Gasteiger charge is 2.36. The van der Waals surface area contributed by atoms with Crippen LogP contribution in [0, 0.1) is 11.8 Å². The van der Waals surface area contributed by atoms with Gasteiger partial charge in [-0.15, -0.1) is 12.4 Å². The third-order valence-corrected chi connectivity index (χ3v) is 6.04. The van der Waals surface area contributed by atoms with E-state index < -0.39 is 40.6 Å². The number of hydrogen-bond acceptors (Lipinski definition) is 5. The Kier molecular flexibility index (Phi) is 9.40. The molecule has 0 saturated heterocycles. The van der Waals surface area contributed by atoms with E-state index in [0.717, 1.165) is 12.1 Å². The Hall–Kier alpha value is -5.15. The molecular weight excluding hydrogens is 610 g/mol. The Morgan fingerprint density at radius 3 is 2.11 bits per heavy atom. The largest absolute Gasteiger partial charge is 0.487 e. The molecule has 2 aromatic heterocycles. The van der Waals surface area contributed by atoms with Gasteiger partial charge in [-0.25, -0.2) is 9.78 Å². The fourth-order valence-electron chi connectivity index (χ4n) is 4.08. The number of aromatic nitrogens is 4. The molecule has 3 aromatic carbocycles. The Morgan fingerprint density at radius 1 is 0.750 bits per heavy atom.